The Kier molecular flexibility index (Phi) is 5.72. The summed E-state index contributed by atoms with van der Waals surface area (Å²) in [4.78, 5) is 26.1. The van der Waals surface area contributed by atoms with Crippen molar-refractivity contribution in [2.24, 2.45) is 5.73 Å². The fraction of sp³-hybridized carbons (Fsp3) is 0.857. The van der Waals surface area contributed by atoms with E-state index in [4.69, 9.17) is 5.73 Å². The van der Waals surface area contributed by atoms with Crippen molar-refractivity contribution in [3.63, 3.8) is 0 Å². The number of nitrogens with two attached hydrogens (primary N) is 1. The average Bonchev–Trinajstić information content (AvgIpc) is 2.91. The number of thioether (sulfide) groups is 1. The Morgan fingerprint density at radius 1 is 1.30 bits per heavy atom. The van der Waals surface area contributed by atoms with Crippen LogP contribution in [0.4, 0.5) is 0 Å². The first-order chi connectivity index (χ1) is 9.61. The van der Waals surface area contributed by atoms with Gasteiger partial charge < -0.3 is 16.0 Å². The normalized spacial score (nSPS) is 30.3. The number of nitrogens with zero attached hydrogens (tertiary/aromatic N) is 1. The molecule has 2 amide bonds. The van der Waals surface area contributed by atoms with Crippen LogP contribution in [0.3, 0.4) is 0 Å². The first-order valence-electron chi connectivity index (χ1n) is 7.55. The van der Waals surface area contributed by atoms with Gasteiger partial charge in [0.05, 0.1) is 5.88 Å². The highest BCUT2D eigenvalue weighted by molar-refractivity contribution is 7.99. The van der Waals surface area contributed by atoms with E-state index in [0.717, 1.165) is 32.1 Å². The molecule has 20 heavy (non-hydrogen) atoms. The zero-order chi connectivity index (χ0) is 14.5. The molecule has 0 bridgehead atoms. The van der Waals surface area contributed by atoms with Gasteiger partial charge in [-0.25, -0.2) is 0 Å². The summed E-state index contributed by atoms with van der Waals surface area (Å²) in [6.07, 6.45) is 5.22. The molecule has 2 rings (SSSR count). The maximum atomic E-state index is 12.4. The van der Waals surface area contributed by atoms with Gasteiger partial charge in [0, 0.05) is 24.3 Å². The van der Waals surface area contributed by atoms with Crippen LogP contribution in [0, 0.1) is 0 Å². The van der Waals surface area contributed by atoms with Gasteiger partial charge in [-0.2, -0.15) is 0 Å². The van der Waals surface area contributed by atoms with Gasteiger partial charge in [0.1, 0.15) is 6.04 Å². The van der Waals surface area contributed by atoms with E-state index in [1.807, 2.05) is 6.92 Å². The van der Waals surface area contributed by atoms with Crippen LogP contribution >= 0.6 is 11.8 Å². The molecule has 0 radical (unpaired) electrons. The predicted octanol–water partition coefficient (Wildman–Crippen LogP) is 1.07. The number of nitrogens with one attached hydrogen (secondary N) is 1. The maximum absolute atomic E-state index is 12.4. The van der Waals surface area contributed by atoms with Crippen molar-refractivity contribution in [2.45, 2.75) is 63.6 Å². The Balaban J connectivity index is 1.86. The van der Waals surface area contributed by atoms with Crippen LogP contribution in [0.2, 0.25) is 0 Å². The summed E-state index contributed by atoms with van der Waals surface area (Å²) in [5.41, 5.74) is 5.88. The third kappa shape index (κ3) is 3.88. The second-order valence-corrected chi connectivity index (χ2v) is 6.75. The van der Waals surface area contributed by atoms with Gasteiger partial charge in [0.2, 0.25) is 11.8 Å². The molecular weight excluding hydrogens is 274 g/mol. The Morgan fingerprint density at radius 3 is 2.65 bits per heavy atom. The zero-order valence-corrected chi connectivity index (χ0v) is 13.0. The highest BCUT2D eigenvalue weighted by atomic mass is 32.2. The number of hydrogen-bond donors (Lipinski definition) is 2. The molecule has 5 nitrogen and oxygen atoms in total. The van der Waals surface area contributed by atoms with Crippen molar-refractivity contribution in [3.05, 3.63) is 0 Å². The van der Waals surface area contributed by atoms with Crippen molar-refractivity contribution < 1.29 is 9.59 Å². The van der Waals surface area contributed by atoms with Gasteiger partial charge in [0.25, 0.3) is 0 Å². The number of carbonyl (C=O) groups excluding carboxylic acids is 2. The molecular formula is C14H25N3O2S. The Bertz CT molecular complexity index is 356. The van der Waals surface area contributed by atoms with Gasteiger partial charge in [-0.05, 0) is 32.1 Å². The van der Waals surface area contributed by atoms with E-state index in [0.29, 0.717) is 18.1 Å². The van der Waals surface area contributed by atoms with Gasteiger partial charge in [-0.15, -0.1) is 11.8 Å². The van der Waals surface area contributed by atoms with Crippen LogP contribution in [0.5, 0.6) is 0 Å². The molecule has 3 N–H and O–H groups in total. The molecule has 1 aliphatic carbocycles. The van der Waals surface area contributed by atoms with Gasteiger partial charge in [0.15, 0.2) is 0 Å². The molecule has 6 heteroatoms. The van der Waals surface area contributed by atoms with Crippen molar-refractivity contribution in [1.29, 1.82) is 0 Å². The van der Waals surface area contributed by atoms with Crippen LogP contribution in [0.1, 0.15) is 45.4 Å². The molecule has 0 aromatic rings. The van der Waals surface area contributed by atoms with Gasteiger partial charge in [-0.3, -0.25) is 9.59 Å². The van der Waals surface area contributed by atoms with Crippen LogP contribution < -0.4 is 11.1 Å². The summed E-state index contributed by atoms with van der Waals surface area (Å²) < 4.78 is 0. The summed E-state index contributed by atoms with van der Waals surface area (Å²) in [5, 5.41) is 3.11. The quantitative estimate of drug-likeness (QED) is 0.814. The minimum absolute atomic E-state index is 0.0138. The lowest BCUT2D eigenvalue weighted by atomic mass is 9.91. The number of rotatable bonds is 4. The fourth-order valence-corrected chi connectivity index (χ4v) is 4.00. The van der Waals surface area contributed by atoms with Crippen LogP contribution in [0.15, 0.2) is 0 Å². The molecule has 1 atom stereocenters. The summed E-state index contributed by atoms with van der Waals surface area (Å²) in [6.45, 7) is 1.99. The minimum atomic E-state index is -0.283. The lowest BCUT2D eigenvalue weighted by Crippen LogP contribution is -2.51. The molecule has 1 saturated carbocycles. The van der Waals surface area contributed by atoms with E-state index >= 15 is 0 Å². The summed E-state index contributed by atoms with van der Waals surface area (Å²) >= 11 is 1.66. The molecule has 1 aliphatic heterocycles. The fourth-order valence-electron chi connectivity index (χ4n) is 2.82. The molecule has 114 valence electrons. The van der Waals surface area contributed by atoms with E-state index in [9.17, 15) is 9.59 Å². The third-order valence-corrected chi connectivity index (χ3v) is 5.10. The monoisotopic (exact) mass is 299 g/mol. The molecule has 2 fully saturated rings. The van der Waals surface area contributed by atoms with E-state index in [2.05, 4.69) is 5.32 Å². The lowest BCUT2D eigenvalue weighted by molar-refractivity contribution is -0.138. The smallest absolute Gasteiger partial charge is 0.243 e. The van der Waals surface area contributed by atoms with Crippen molar-refractivity contribution in [1.82, 2.24) is 10.2 Å². The highest BCUT2D eigenvalue weighted by Gasteiger charge is 2.35. The number of hydrogen-bond acceptors (Lipinski definition) is 4. The summed E-state index contributed by atoms with van der Waals surface area (Å²) in [7, 11) is 0. The van der Waals surface area contributed by atoms with Gasteiger partial charge in [-0.1, -0.05) is 6.92 Å². The molecule has 0 spiro atoms. The van der Waals surface area contributed by atoms with Crippen molar-refractivity contribution in [3.8, 4) is 0 Å². The average molecular weight is 299 g/mol. The van der Waals surface area contributed by atoms with Gasteiger partial charge >= 0.3 is 0 Å². The zero-order valence-electron chi connectivity index (χ0n) is 12.1. The predicted molar refractivity (Wildman–Crippen MR) is 81.2 cm³/mol. The van der Waals surface area contributed by atoms with Crippen molar-refractivity contribution >= 4 is 23.6 Å². The van der Waals surface area contributed by atoms with Crippen molar-refractivity contribution in [2.75, 3.05) is 11.6 Å². The summed E-state index contributed by atoms with van der Waals surface area (Å²) in [6, 6.07) is 0.235. The summed E-state index contributed by atoms with van der Waals surface area (Å²) in [5.74, 6) is 1.48. The lowest BCUT2D eigenvalue weighted by Gasteiger charge is -2.29. The van der Waals surface area contributed by atoms with E-state index in [1.54, 1.807) is 16.7 Å². The van der Waals surface area contributed by atoms with E-state index in [-0.39, 0.29) is 29.9 Å². The molecule has 1 heterocycles. The molecule has 1 unspecified atom stereocenters. The second-order valence-electron chi connectivity index (χ2n) is 5.75. The first-order valence-corrected chi connectivity index (χ1v) is 8.70. The SMILES string of the molecule is CCCC(=O)N1CSCC1C(=O)NC1CCC(N)CC1. The maximum Gasteiger partial charge on any atom is 0.243 e. The van der Waals surface area contributed by atoms with E-state index < -0.39 is 0 Å². The Morgan fingerprint density at radius 2 is 2.00 bits per heavy atom. The second kappa shape index (κ2) is 7.31. The number of amides is 2. The Labute approximate surface area is 125 Å². The minimum Gasteiger partial charge on any atom is -0.352 e. The third-order valence-electron chi connectivity index (χ3n) is 4.09. The highest BCUT2D eigenvalue weighted by Crippen LogP contribution is 2.23. The van der Waals surface area contributed by atoms with Crippen LogP contribution in [-0.2, 0) is 9.59 Å². The largest absolute Gasteiger partial charge is 0.352 e. The first kappa shape index (κ1) is 15.6. The molecule has 2 aliphatic rings. The number of carbonyl (C=O) groups is 2. The molecule has 0 aromatic carbocycles. The van der Waals surface area contributed by atoms with E-state index in [1.165, 1.54) is 0 Å². The molecule has 1 saturated heterocycles. The topological polar surface area (TPSA) is 75.4 Å². The Hall–Kier alpha value is -0.750. The standard InChI is InChI=1S/C14H25N3O2S/c1-2-3-13(18)17-9-20-8-12(17)14(19)16-11-6-4-10(15)5-7-11/h10-12H,2-9,15H2,1H3,(H,16,19). The molecule has 0 aromatic heterocycles. The van der Waals surface area contributed by atoms with Crippen LogP contribution in [0.25, 0.3) is 0 Å². The van der Waals surface area contributed by atoms with Crippen LogP contribution in [-0.4, -0.2) is 46.5 Å².